The Hall–Kier alpha value is -3.41. The monoisotopic (exact) mass is 331 g/mol. The van der Waals surface area contributed by atoms with E-state index in [1.54, 1.807) is 6.07 Å². The number of H-pyrrole nitrogens is 2. The Balaban J connectivity index is 1.73. The fourth-order valence-corrected chi connectivity index (χ4v) is 2.96. The summed E-state index contributed by atoms with van der Waals surface area (Å²) in [4.78, 5) is 19.7. The molecule has 124 valence electrons. The summed E-state index contributed by atoms with van der Waals surface area (Å²) in [5.41, 5.74) is 9.23. The molecule has 0 radical (unpaired) electrons. The molecule has 0 unspecified atom stereocenters. The topological polar surface area (TPSA) is 100 Å². The summed E-state index contributed by atoms with van der Waals surface area (Å²) in [5, 5.41) is 7.63. The second-order valence-corrected chi connectivity index (χ2v) is 5.88. The summed E-state index contributed by atoms with van der Waals surface area (Å²) >= 11 is 0. The van der Waals surface area contributed by atoms with Crippen molar-refractivity contribution in [1.29, 1.82) is 0 Å². The van der Waals surface area contributed by atoms with Gasteiger partial charge in [0, 0.05) is 5.69 Å². The van der Waals surface area contributed by atoms with Crippen molar-refractivity contribution in [2.24, 2.45) is 0 Å². The van der Waals surface area contributed by atoms with Crippen LogP contribution in [0.15, 0.2) is 59.4 Å². The van der Waals surface area contributed by atoms with E-state index in [1.165, 1.54) is 5.56 Å². The minimum absolute atomic E-state index is 0.185. The molecule has 4 N–H and O–H groups in total. The maximum Gasteiger partial charge on any atom is 0.259 e. The van der Waals surface area contributed by atoms with Crippen molar-refractivity contribution >= 4 is 16.7 Å². The Morgan fingerprint density at radius 2 is 1.72 bits per heavy atom. The van der Waals surface area contributed by atoms with Gasteiger partial charge in [0.25, 0.3) is 5.56 Å². The van der Waals surface area contributed by atoms with Gasteiger partial charge in [-0.2, -0.15) is 5.10 Å². The maximum absolute atomic E-state index is 12.3. The zero-order valence-electron chi connectivity index (χ0n) is 13.5. The first-order valence-electron chi connectivity index (χ1n) is 8.08. The Bertz CT molecular complexity index is 1080. The van der Waals surface area contributed by atoms with Crippen LogP contribution >= 0.6 is 0 Å². The van der Waals surface area contributed by atoms with Crippen molar-refractivity contribution in [3.05, 3.63) is 76.2 Å². The summed E-state index contributed by atoms with van der Waals surface area (Å²) in [6.45, 7) is 0. The van der Waals surface area contributed by atoms with Crippen molar-refractivity contribution in [2.75, 3.05) is 5.73 Å². The van der Waals surface area contributed by atoms with Gasteiger partial charge in [0.1, 0.15) is 5.82 Å². The zero-order chi connectivity index (χ0) is 17.2. The highest BCUT2D eigenvalue weighted by Gasteiger charge is 2.16. The Kier molecular flexibility index (Phi) is 3.78. The van der Waals surface area contributed by atoms with Crippen LogP contribution in [0.25, 0.3) is 22.3 Å². The minimum atomic E-state index is -0.185. The molecule has 0 amide bonds. The number of anilines is 1. The molecule has 0 saturated carbocycles. The lowest BCUT2D eigenvalue weighted by Gasteiger charge is -2.06. The van der Waals surface area contributed by atoms with Crippen molar-refractivity contribution in [3.8, 4) is 11.4 Å². The zero-order valence-corrected chi connectivity index (χ0v) is 13.5. The van der Waals surface area contributed by atoms with Crippen LogP contribution in [0, 0.1) is 0 Å². The molecule has 2 aromatic heterocycles. The van der Waals surface area contributed by atoms with Gasteiger partial charge in [-0.3, -0.25) is 9.89 Å². The Morgan fingerprint density at radius 1 is 0.960 bits per heavy atom. The minimum Gasteiger partial charge on any atom is -0.382 e. The van der Waals surface area contributed by atoms with E-state index in [-0.39, 0.29) is 5.56 Å². The normalized spacial score (nSPS) is 11.0. The van der Waals surface area contributed by atoms with Gasteiger partial charge in [0.15, 0.2) is 5.82 Å². The molecule has 6 heteroatoms. The number of fused-ring (bicyclic) bond motifs is 1. The van der Waals surface area contributed by atoms with Crippen molar-refractivity contribution in [3.63, 3.8) is 0 Å². The molecule has 25 heavy (non-hydrogen) atoms. The van der Waals surface area contributed by atoms with Crippen molar-refractivity contribution < 1.29 is 0 Å². The van der Waals surface area contributed by atoms with Gasteiger partial charge in [0.2, 0.25) is 0 Å². The number of benzene rings is 2. The molecule has 0 fully saturated rings. The standard InChI is InChI=1S/C19H17N5O/c20-17-16(15(23-24-17)11-10-12-6-2-1-3-7-12)18-21-14-9-5-4-8-13(14)19(25)22-18/h1-9H,10-11H2,(H3,20,23,24)(H,21,22,25). The molecule has 2 heterocycles. The highest BCUT2D eigenvalue weighted by Crippen LogP contribution is 2.26. The van der Waals surface area contributed by atoms with E-state index in [4.69, 9.17) is 5.73 Å². The summed E-state index contributed by atoms with van der Waals surface area (Å²) in [6, 6.07) is 17.4. The lowest BCUT2D eigenvalue weighted by molar-refractivity contribution is 0.893. The van der Waals surface area contributed by atoms with E-state index < -0.39 is 0 Å². The van der Waals surface area contributed by atoms with Crippen LogP contribution in [0.4, 0.5) is 5.82 Å². The van der Waals surface area contributed by atoms with E-state index in [2.05, 4.69) is 32.3 Å². The van der Waals surface area contributed by atoms with Crippen LogP contribution in [-0.2, 0) is 12.8 Å². The predicted octanol–water partition coefficient (Wildman–Crippen LogP) is 2.68. The highest BCUT2D eigenvalue weighted by atomic mass is 16.1. The fourth-order valence-electron chi connectivity index (χ4n) is 2.96. The third-order valence-electron chi connectivity index (χ3n) is 4.23. The van der Waals surface area contributed by atoms with Crippen LogP contribution in [0.2, 0.25) is 0 Å². The van der Waals surface area contributed by atoms with E-state index in [0.717, 1.165) is 18.5 Å². The fraction of sp³-hybridized carbons (Fsp3) is 0.105. The molecule has 0 aliphatic rings. The largest absolute Gasteiger partial charge is 0.382 e. The van der Waals surface area contributed by atoms with Crippen molar-refractivity contribution in [2.45, 2.75) is 12.8 Å². The van der Waals surface area contributed by atoms with Gasteiger partial charge < -0.3 is 10.7 Å². The number of hydrogen-bond donors (Lipinski definition) is 3. The number of hydrogen-bond acceptors (Lipinski definition) is 4. The lowest BCUT2D eigenvalue weighted by atomic mass is 10.1. The first-order chi connectivity index (χ1) is 12.2. The summed E-state index contributed by atoms with van der Waals surface area (Å²) in [6.07, 6.45) is 1.56. The van der Waals surface area contributed by atoms with Crippen LogP contribution in [0.3, 0.4) is 0 Å². The van der Waals surface area contributed by atoms with Crippen LogP contribution in [0.1, 0.15) is 11.3 Å². The maximum atomic E-state index is 12.3. The van der Waals surface area contributed by atoms with Crippen LogP contribution in [-0.4, -0.2) is 20.2 Å². The number of aromatic amines is 2. The van der Waals surface area contributed by atoms with E-state index in [1.807, 2.05) is 36.4 Å². The van der Waals surface area contributed by atoms with Crippen LogP contribution < -0.4 is 11.3 Å². The Morgan fingerprint density at radius 3 is 2.56 bits per heavy atom. The number of nitrogens with two attached hydrogens (primary N) is 1. The molecule has 0 aliphatic heterocycles. The number of para-hydroxylation sites is 1. The SMILES string of the molecule is Nc1n[nH]c(CCc2ccccc2)c1-c1nc2ccccc2c(=O)[nH]1. The Labute approximate surface area is 143 Å². The first-order valence-corrected chi connectivity index (χ1v) is 8.08. The van der Waals surface area contributed by atoms with Gasteiger partial charge in [-0.25, -0.2) is 4.98 Å². The third kappa shape index (κ3) is 2.89. The average Bonchev–Trinajstić information content (AvgIpc) is 3.01. The summed E-state index contributed by atoms with van der Waals surface area (Å²) in [7, 11) is 0. The smallest absolute Gasteiger partial charge is 0.259 e. The molecule has 2 aromatic carbocycles. The van der Waals surface area contributed by atoms with E-state index in [9.17, 15) is 4.79 Å². The molecule has 4 aromatic rings. The summed E-state index contributed by atoms with van der Waals surface area (Å²) in [5.74, 6) is 0.777. The predicted molar refractivity (Wildman–Crippen MR) is 98.2 cm³/mol. The number of aromatic nitrogens is 4. The number of rotatable bonds is 4. The van der Waals surface area contributed by atoms with Gasteiger partial charge in [-0.05, 0) is 30.5 Å². The van der Waals surface area contributed by atoms with Gasteiger partial charge in [-0.15, -0.1) is 0 Å². The second-order valence-electron chi connectivity index (χ2n) is 5.88. The average molecular weight is 331 g/mol. The second kappa shape index (κ2) is 6.24. The molecule has 0 atom stereocenters. The van der Waals surface area contributed by atoms with Gasteiger partial charge in [-0.1, -0.05) is 42.5 Å². The molecule has 6 nitrogen and oxygen atoms in total. The van der Waals surface area contributed by atoms with Crippen molar-refractivity contribution in [1.82, 2.24) is 20.2 Å². The number of aryl methyl sites for hydroxylation is 2. The third-order valence-corrected chi connectivity index (χ3v) is 4.23. The lowest BCUT2D eigenvalue weighted by Crippen LogP contribution is -2.10. The van der Waals surface area contributed by atoms with Gasteiger partial charge >= 0.3 is 0 Å². The molecular formula is C19H17N5O. The first kappa shape index (κ1) is 15.1. The van der Waals surface area contributed by atoms with Crippen LogP contribution in [0.5, 0.6) is 0 Å². The molecular weight excluding hydrogens is 314 g/mol. The molecule has 0 bridgehead atoms. The molecule has 0 spiro atoms. The highest BCUT2D eigenvalue weighted by molar-refractivity contribution is 5.81. The van der Waals surface area contributed by atoms with E-state index >= 15 is 0 Å². The number of nitrogen functional groups attached to an aromatic ring is 1. The number of nitrogens with one attached hydrogen (secondary N) is 2. The van der Waals surface area contributed by atoms with E-state index in [0.29, 0.717) is 28.1 Å². The molecule has 4 rings (SSSR count). The summed E-state index contributed by atoms with van der Waals surface area (Å²) < 4.78 is 0. The molecule has 0 aliphatic carbocycles. The number of nitrogens with zero attached hydrogens (tertiary/aromatic N) is 2. The van der Waals surface area contributed by atoms with Gasteiger partial charge in [0.05, 0.1) is 16.5 Å². The quantitative estimate of drug-likeness (QED) is 0.535. The molecule has 0 saturated heterocycles.